The van der Waals surface area contributed by atoms with E-state index in [9.17, 15) is 0 Å². The quantitative estimate of drug-likeness (QED) is 0.705. The normalized spacial score (nSPS) is 11.7. The predicted octanol–water partition coefficient (Wildman–Crippen LogP) is 4.68. The summed E-state index contributed by atoms with van der Waals surface area (Å²) in [6.45, 7) is 4.15. The topological polar surface area (TPSA) is 9.23 Å². The molecule has 2 rings (SSSR count). The van der Waals surface area contributed by atoms with E-state index in [2.05, 4.69) is 61.4 Å². The summed E-state index contributed by atoms with van der Waals surface area (Å²) in [7, 11) is 0. The van der Waals surface area contributed by atoms with Gasteiger partial charge in [-0.3, -0.25) is 0 Å². The molecule has 0 fully saturated rings. The molecule has 0 saturated heterocycles. The Morgan fingerprint density at radius 2 is 1.83 bits per heavy atom. The Labute approximate surface area is 109 Å². The van der Waals surface area contributed by atoms with Crippen LogP contribution in [0.15, 0.2) is 42.5 Å². The molecule has 0 heterocycles. The highest BCUT2D eigenvalue weighted by Gasteiger charge is 2.12. The average molecular weight is 238 g/mol. The van der Waals surface area contributed by atoms with Gasteiger partial charge in [-0.2, -0.15) is 0 Å². The molecule has 0 aliphatic carbocycles. The van der Waals surface area contributed by atoms with Gasteiger partial charge in [0.25, 0.3) is 0 Å². The van der Waals surface area contributed by atoms with Crippen LogP contribution in [-0.4, -0.2) is 0 Å². The molecule has 0 amide bonds. The second-order valence-electron chi connectivity index (χ2n) is 4.22. The molecule has 18 heavy (non-hydrogen) atoms. The molecule has 0 spiro atoms. The number of fused-ring (bicyclic) bond motifs is 1. The van der Waals surface area contributed by atoms with Crippen molar-refractivity contribution in [3.05, 3.63) is 48.0 Å². The standard InChI is InChI=1S/C17H18O/c1-3-5-13-18-17(4-2)16-12-8-10-14-9-6-7-11-15(14)16/h6-12,17H,3-4H2,1-2H3. The molecule has 1 atom stereocenters. The van der Waals surface area contributed by atoms with Gasteiger partial charge in [0.05, 0.1) is 0 Å². The van der Waals surface area contributed by atoms with Gasteiger partial charge in [-0.25, -0.2) is 0 Å². The van der Waals surface area contributed by atoms with E-state index < -0.39 is 0 Å². The van der Waals surface area contributed by atoms with Crippen molar-refractivity contribution in [1.82, 2.24) is 0 Å². The summed E-state index contributed by atoms with van der Waals surface area (Å²) in [5.74, 6) is 2.96. The Hall–Kier alpha value is -1.94. The number of hydrogen-bond acceptors (Lipinski definition) is 1. The molecule has 2 aromatic carbocycles. The first-order chi connectivity index (χ1) is 8.86. The second-order valence-corrected chi connectivity index (χ2v) is 4.22. The third-order valence-electron chi connectivity index (χ3n) is 2.99. The van der Waals surface area contributed by atoms with Crippen molar-refractivity contribution >= 4 is 10.8 Å². The lowest BCUT2D eigenvalue weighted by atomic mass is 9.99. The van der Waals surface area contributed by atoms with Gasteiger partial charge in [0.15, 0.2) is 0 Å². The number of benzene rings is 2. The van der Waals surface area contributed by atoms with Crippen LogP contribution >= 0.6 is 0 Å². The van der Waals surface area contributed by atoms with E-state index in [1.807, 2.05) is 6.92 Å². The second kappa shape index (κ2) is 6.12. The van der Waals surface area contributed by atoms with Crippen molar-refractivity contribution < 1.29 is 4.74 Å². The zero-order valence-corrected chi connectivity index (χ0v) is 10.9. The molecule has 1 nitrogen and oxygen atoms in total. The molecule has 0 saturated carbocycles. The van der Waals surface area contributed by atoms with Crippen LogP contribution in [0.5, 0.6) is 0 Å². The van der Waals surface area contributed by atoms with Crippen LogP contribution in [0.25, 0.3) is 10.8 Å². The van der Waals surface area contributed by atoms with E-state index in [4.69, 9.17) is 4.74 Å². The van der Waals surface area contributed by atoms with E-state index in [1.54, 1.807) is 0 Å². The highest BCUT2D eigenvalue weighted by Crippen LogP contribution is 2.28. The maximum atomic E-state index is 5.66. The summed E-state index contributed by atoms with van der Waals surface area (Å²) in [5, 5.41) is 2.51. The first kappa shape index (κ1) is 12.5. The van der Waals surface area contributed by atoms with Gasteiger partial charge in [0, 0.05) is 12.0 Å². The molecule has 1 unspecified atom stereocenters. The van der Waals surface area contributed by atoms with Gasteiger partial charge >= 0.3 is 0 Å². The number of hydrogen-bond donors (Lipinski definition) is 0. The van der Waals surface area contributed by atoms with E-state index >= 15 is 0 Å². The van der Waals surface area contributed by atoms with Gasteiger partial charge in [-0.1, -0.05) is 62.2 Å². The van der Waals surface area contributed by atoms with Gasteiger partial charge < -0.3 is 4.74 Å². The van der Waals surface area contributed by atoms with Crippen molar-refractivity contribution in [3.8, 4) is 12.0 Å². The Bertz CT molecular complexity index is 569. The van der Waals surface area contributed by atoms with Crippen LogP contribution in [0.1, 0.15) is 38.4 Å². The smallest absolute Gasteiger partial charge is 0.136 e. The highest BCUT2D eigenvalue weighted by molar-refractivity contribution is 5.85. The van der Waals surface area contributed by atoms with Crippen molar-refractivity contribution in [3.63, 3.8) is 0 Å². The number of rotatable bonds is 3. The van der Waals surface area contributed by atoms with Crippen LogP contribution < -0.4 is 0 Å². The lowest BCUT2D eigenvalue weighted by molar-refractivity contribution is 0.166. The lowest BCUT2D eigenvalue weighted by Gasteiger charge is -2.15. The van der Waals surface area contributed by atoms with Gasteiger partial charge in [0.2, 0.25) is 0 Å². The molecular formula is C17H18O. The molecule has 0 aliphatic heterocycles. The lowest BCUT2D eigenvalue weighted by Crippen LogP contribution is -2.00. The predicted molar refractivity (Wildman–Crippen MR) is 76.1 cm³/mol. The molecule has 2 aromatic rings. The van der Waals surface area contributed by atoms with Crippen molar-refractivity contribution in [1.29, 1.82) is 0 Å². The van der Waals surface area contributed by atoms with Crippen LogP contribution in [0.3, 0.4) is 0 Å². The first-order valence-corrected chi connectivity index (χ1v) is 6.48. The maximum Gasteiger partial charge on any atom is 0.136 e. The fourth-order valence-electron chi connectivity index (χ4n) is 2.08. The number of ether oxygens (including phenoxy) is 1. The minimum atomic E-state index is 0.0511. The summed E-state index contributed by atoms with van der Waals surface area (Å²) in [6, 6.07) is 14.7. The van der Waals surface area contributed by atoms with Crippen molar-refractivity contribution in [2.45, 2.75) is 32.8 Å². The van der Waals surface area contributed by atoms with Crippen LogP contribution in [0.4, 0.5) is 0 Å². The zero-order chi connectivity index (χ0) is 12.8. The summed E-state index contributed by atoms with van der Waals surface area (Å²) in [5.41, 5.74) is 1.22. The van der Waals surface area contributed by atoms with Gasteiger partial charge in [-0.05, 0) is 17.2 Å². The summed E-state index contributed by atoms with van der Waals surface area (Å²) in [6.07, 6.45) is 4.60. The SMILES string of the molecule is CCC#COC(CC)c1cccc2ccccc12. The molecule has 1 heteroatoms. The average Bonchev–Trinajstić information content (AvgIpc) is 2.43. The largest absolute Gasteiger partial charge is 0.438 e. The Morgan fingerprint density at radius 1 is 1.06 bits per heavy atom. The fraction of sp³-hybridized carbons (Fsp3) is 0.294. The maximum absolute atomic E-state index is 5.66. The Morgan fingerprint density at radius 3 is 2.61 bits per heavy atom. The third kappa shape index (κ3) is 2.65. The fourth-order valence-corrected chi connectivity index (χ4v) is 2.08. The van der Waals surface area contributed by atoms with E-state index in [-0.39, 0.29) is 6.10 Å². The molecule has 0 bridgehead atoms. The van der Waals surface area contributed by atoms with Gasteiger partial charge in [-0.15, -0.1) is 0 Å². The molecule has 0 N–H and O–H groups in total. The van der Waals surface area contributed by atoms with Crippen LogP contribution in [-0.2, 0) is 4.74 Å². The monoisotopic (exact) mass is 238 g/mol. The van der Waals surface area contributed by atoms with Crippen molar-refractivity contribution in [2.75, 3.05) is 0 Å². The van der Waals surface area contributed by atoms with E-state index in [0.717, 1.165) is 12.8 Å². The van der Waals surface area contributed by atoms with Crippen LogP contribution in [0.2, 0.25) is 0 Å². The molecule has 0 aliphatic rings. The van der Waals surface area contributed by atoms with Gasteiger partial charge in [0.1, 0.15) is 12.2 Å². The summed E-state index contributed by atoms with van der Waals surface area (Å²) < 4.78 is 5.66. The summed E-state index contributed by atoms with van der Waals surface area (Å²) >= 11 is 0. The Kier molecular flexibility index (Phi) is 4.25. The third-order valence-corrected chi connectivity index (χ3v) is 2.99. The summed E-state index contributed by atoms with van der Waals surface area (Å²) in [4.78, 5) is 0. The minimum Gasteiger partial charge on any atom is -0.438 e. The van der Waals surface area contributed by atoms with Crippen LogP contribution in [0, 0.1) is 12.0 Å². The van der Waals surface area contributed by atoms with Crippen molar-refractivity contribution in [2.24, 2.45) is 0 Å². The van der Waals surface area contributed by atoms with E-state index in [1.165, 1.54) is 16.3 Å². The highest BCUT2D eigenvalue weighted by atomic mass is 16.5. The molecule has 0 aromatic heterocycles. The Balaban J connectivity index is 2.38. The first-order valence-electron chi connectivity index (χ1n) is 6.48. The van der Waals surface area contributed by atoms with E-state index in [0.29, 0.717) is 0 Å². The molecular weight excluding hydrogens is 220 g/mol. The minimum absolute atomic E-state index is 0.0511. The molecule has 92 valence electrons. The zero-order valence-electron chi connectivity index (χ0n) is 10.9. The molecule has 0 radical (unpaired) electrons.